The first-order valence-electron chi connectivity index (χ1n) is 9.83. The SMILES string of the molecule is COc1ccc2c(c1)C=CC1(O2)N(C)c2ccc(-n3c(O)ccc3O)cc2C1(C)C. The van der Waals surface area contributed by atoms with Crippen molar-refractivity contribution in [1.29, 1.82) is 0 Å². The number of hydrogen-bond acceptors (Lipinski definition) is 5. The molecule has 2 aromatic carbocycles. The van der Waals surface area contributed by atoms with Crippen LogP contribution in [0, 0.1) is 0 Å². The van der Waals surface area contributed by atoms with Gasteiger partial charge in [0.1, 0.15) is 11.5 Å². The van der Waals surface area contributed by atoms with Gasteiger partial charge in [0.15, 0.2) is 11.8 Å². The van der Waals surface area contributed by atoms with Crippen LogP contribution in [0.1, 0.15) is 25.0 Å². The van der Waals surface area contributed by atoms with E-state index in [1.54, 1.807) is 7.11 Å². The zero-order valence-corrected chi connectivity index (χ0v) is 17.4. The third-order valence-electron chi connectivity index (χ3n) is 6.48. The molecule has 2 N–H and O–H groups in total. The summed E-state index contributed by atoms with van der Waals surface area (Å²) < 4.78 is 13.4. The first kappa shape index (κ1) is 18.5. The number of aromatic hydroxyl groups is 2. The molecule has 2 aliphatic rings. The average Bonchev–Trinajstić information content (AvgIpc) is 3.15. The van der Waals surface area contributed by atoms with Crippen molar-refractivity contribution < 1.29 is 19.7 Å². The number of likely N-dealkylation sites (N-methyl/N-ethyl adjacent to an activating group) is 1. The Hall–Kier alpha value is -3.54. The van der Waals surface area contributed by atoms with Crippen molar-refractivity contribution in [2.24, 2.45) is 0 Å². The number of benzene rings is 2. The molecule has 0 radical (unpaired) electrons. The molecule has 30 heavy (non-hydrogen) atoms. The second-order valence-corrected chi connectivity index (χ2v) is 8.31. The van der Waals surface area contributed by atoms with Gasteiger partial charge < -0.3 is 24.6 Å². The highest BCUT2D eigenvalue weighted by Gasteiger charge is 2.57. The van der Waals surface area contributed by atoms with Gasteiger partial charge in [-0.1, -0.05) is 0 Å². The summed E-state index contributed by atoms with van der Waals surface area (Å²) in [5, 5.41) is 20.3. The van der Waals surface area contributed by atoms with E-state index in [0.717, 1.165) is 28.3 Å². The molecule has 1 spiro atoms. The molecule has 3 aromatic rings. The molecule has 3 heterocycles. The third-order valence-corrected chi connectivity index (χ3v) is 6.48. The summed E-state index contributed by atoms with van der Waals surface area (Å²) in [6, 6.07) is 14.6. The molecule has 0 saturated heterocycles. The third kappa shape index (κ3) is 2.24. The van der Waals surface area contributed by atoms with E-state index in [2.05, 4.69) is 30.9 Å². The fraction of sp³-hybridized carbons (Fsp3) is 0.250. The normalized spacial score (nSPS) is 20.7. The van der Waals surface area contributed by atoms with Gasteiger partial charge in [0.05, 0.1) is 18.2 Å². The first-order chi connectivity index (χ1) is 14.3. The van der Waals surface area contributed by atoms with Gasteiger partial charge in [-0.25, -0.2) is 0 Å². The molecule has 1 unspecified atom stereocenters. The van der Waals surface area contributed by atoms with Crippen molar-refractivity contribution in [2.75, 3.05) is 19.1 Å². The minimum atomic E-state index is -0.712. The molecule has 154 valence electrons. The number of ether oxygens (including phenoxy) is 2. The van der Waals surface area contributed by atoms with Gasteiger partial charge in [-0.2, -0.15) is 0 Å². The maximum Gasteiger partial charge on any atom is 0.211 e. The lowest BCUT2D eigenvalue weighted by molar-refractivity contribution is 0.0581. The zero-order valence-electron chi connectivity index (χ0n) is 17.4. The minimum absolute atomic E-state index is 0.0111. The molecule has 0 saturated carbocycles. The maximum atomic E-state index is 10.2. The van der Waals surface area contributed by atoms with Gasteiger partial charge >= 0.3 is 0 Å². The summed E-state index contributed by atoms with van der Waals surface area (Å²) in [7, 11) is 3.68. The predicted molar refractivity (Wildman–Crippen MR) is 116 cm³/mol. The van der Waals surface area contributed by atoms with E-state index in [-0.39, 0.29) is 11.8 Å². The van der Waals surface area contributed by atoms with Gasteiger partial charge in [0.2, 0.25) is 5.72 Å². The molecule has 2 aliphatic heterocycles. The summed E-state index contributed by atoms with van der Waals surface area (Å²) in [6.07, 6.45) is 4.18. The second kappa shape index (κ2) is 5.98. The Bertz CT molecular complexity index is 1170. The number of anilines is 1. The van der Waals surface area contributed by atoms with Crippen molar-refractivity contribution in [1.82, 2.24) is 4.57 Å². The van der Waals surface area contributed by atoms with E-state index in [0.29, 0.717) is 5.69 Å². The molecule has 0 fully saturated rings. The van der Waals surface area contributed by atoms with Crippen LogP contribution < -0.4 is 14.4 Å². The van der Waals surface area contributed by atoms with E-state index in [9.17, 15) is 10.2 Å². The van der Waals surface area contributed by atoms with Gasteiger partial charge in [-0.05, 0) is 68.0 Å². The fourth-order valence-corrected chi connectivity index (χ4v) is 4.72. The Kier molecular flexibility index (Phi) is 3.69. The number of aromatic nitrogens is 1. The molecule has 6 heteroatoms. The highest BCUT2D eigenvalue weighted by molar-refractivity contribution is 5.74. The molecule has 1 atom stereocenters. The van der Waals surface area contributed by atoms with Crippen LogP contribution in [0.3, 0.4) is 0 Å². The smallest absolute Gasteiger partial charge is 0.211 e. The standard InChI is InChI=1S/C24H24N2O4/c1-23(2)18-14-16(26-21(27)9-10-22(26)28)5-7-19(18)25(3)24(23)12-11-15-13-17(29-4)6-8-20(15)30-24/h5-14,27-28H,1-4H3. The van der Waals surface area contributed by atoms with Crippen LogP contribution in [-0.2, 0) is 5.41 Å². The lowest BCUT2D eigenvalue weighted by Gasteiger charge is -2.45. The number of fused-ring (bicyclic) bond motifs is 2. The van der Waals surface area contributed by atoms with Gasteiger partial charge in [0.25, 0.3) is 0 Å². The van der Waals surface area contributed by atoms with Gasteiger partial charge in [0, 0.05) is 30.4 Å². The summed E-state index contributed by atoms with van der Waals surface area (Å²) in [5.41, 5.74) is 2.64. The summed E-state index contributed by atoms with van der Waals surface area (Å²) in [5.74, 6) is 1.56. The molecule has 0 amide bonds. The molecular formula is C24H24N2O4. The van der Waals surface area contributed by atoms with Crippen LogP contribution in [0.2, 0.25) is 0 Å². The summed E-state index contributed by atoms with van der Waals surface area (Å²) in [6.45, 7) is 4.29. The molecule has 5 rings (SSSR count). The Labute approximate surface area is 175 Å². The average molecular weight is 404 g/mol. The van der Waals surface area contributed by atoms with Crippen LogP contribution in [0.4, 0.5) is 5.69 Å². The quantitative estimate of drug-likeness (QED) is 0.662. The van der Waals surface area contributed by atoms with E-state index < -0.39 is 11.1 Å². The Morgan fingerprint density at radius 1 is 0.967 bits per heavy atom. The topological polar surface area (TPSA) is 67.1 Å². The zero-order chi connectivity index (χ0) is 21.3. The van der Waals surface area contributed by atoms with Crippen LogP contribution >= 0.6 is 0 Å². The van der Waals surface area contributed by atoms with Crippen molar-refractivity contribution in [2.45, 2.75) is 25.0 Å². The Morgan fingerprint density at radius 2 is 1.70 bits per heavy atom. The maximum absolute atomic E-state index is 10.2. The number of hydrogen-bond donors (Lipinski definition) is 2. The number of nitrogens with zero attached hydrogens (tertiary/aromatic N) is 2. The van der Waals surface area contributed by atoms with Gasteiger partial charge in [-0.3, -0.25) is 4.57 Å². The van der Waals surface area contributed by atoms with Crippen LogP contribution in [0.25, 0.3) is 11.8 Å². The lowest BCUT2D eigenvalue weighted by Crippen LogP contribution is -2.58. The second-order valence-electron chi connectivity index (χ2n) is 8.31. The van der Waals surface area contributed by atoms with Crippen molar-refractivity contribution in [3.05, 3.63) is 65.7 Å². The first-order valence-corrected chi connectivity index (χ1v) is 9.83. The summed E-state index contributed by atoms with van der Waals surface area (Å²) >= 11 is 0. The highest BCUT2D eigenvalue weighted by atomic mass is 16.5. The van der Waals surface area contributed by atoms with Crippen LogP contribution in [-0.4, -0.2) is 34.7 Å². The van der Waals surface area contributed by atoms with E-state index in [1.807, 2.05) is 43.4 Å². The van der Waals surface area contributed by atoms with E-state index in [1.165, 1.54) is 16.7 Å². The number of methoxy groups -OCH3 is 1. The van der Waals surface area contributed by atoms with Crippen LogP contribution in [0.15, 0.2) is 54.6 Å². The van der Waals surface area contributed by atoms with E-state index >= 15 is 0 Å². The van der Waals surface area contributed by atoms with Crippen molar-refractivity contribution in [3.63, 3.8) is 0 Å². The molecule has 6 nitrogen and oxygen atoms in total. The minimum Gasteiger partial charge on any atom is -0.497 e. The largest absolute Gasteiger partial charge is 0.497 e. The molecule has 0 aliphatic carbocycles. The summed E-state index contributed by atoms with van der Waals surface area (Å²) in [4.78, 5) is 2.14. The molecule has 0 bridgehead atoms. The molecular weight excluding hydrogens is 380 g/mol. The Morgan fingerprint density at radius 3 is 2.40 bits per heavy atom. The Balaban J connectivity index is 1.63. The number of rotatable bonds is 2. The van der Waals surface area contributed by atoms with Crippen LogP contribution in [0.5, 0.6) is 23.3 Å². The highest BCUT2D eigenvalue weighted by Crippen LogP contribution is 2.55. The monoisotopic (exact) mass is 404 g/mol. The molecule has 1 aromatic heterocycles. The van der Waals surface area contributed by atoms with Crippen molar-refractivity contribution in [3.8, 4) is 28.9 Å². The van der Waals surface area contributed by atoms with Crippen molar-refractivity contribution >= 4 is 11.8 Å². The predicted octanol–water partition coefficient (Wildman–Crippen LogP) is 4.43. The van der Waals surface area contributed by atoms with Gasteiger partial charge in [-0.15, -0.1) is 0 Å². The van der Waals surface area contributed by atoms with E-state index in [4.69, 9.17) is 9.47 Å². The lowest BCUT2D eigenvalue weighted by atomic mass is 9.76. The fourth-order valence-electron chi connectivity index (χ4n) is 4.72.